The first-order valence-corrected chi connectivity index (χ1v) is 13.3. The molecule has 3 aliphatic rings. The summed E-state index contributed by atoms with van der Waals surface area (Å²) in [6.45, 7) is 11.3. The molecule has 3 heterocycles. The molecule has 1 N–H and O–H groups in total. The molecular weight excluding hydrogens is 444 g/mol. The summed E-state index contributed by atoms with van der Waals surface area (Å²) >= 11 is 0. The van der Waals surface area contributed by atoms with Crippen LogP contribution in [0.15, 0.2) is 6.20 Å². The van der Waals surface area contributed by atoms with Gasteiger partial charge in [0.05, 0.1) is 6.20 Å². The highest BCUT2D eigenvalue weighted by molar-refractivity contribution is 6.04. The number of fused-ring (bicyclic) bond motifs is 1. The van der Waals surface area contributed by atoms with Crippen LogP contribution in [-0.2, 0) is 9.53 Å². The van der Waals surface area contributed by atoms with Gasteiger partial charge in [0, 0.05) is 32.2 Å². The van der Waals surface area contributed by atoms with Crippen LogP contribution in [0.1, 0.15) is 79.6 Å². The van der Waals surface area contributed by atoms with Crippen LogP contribution in [0.2, 0.25) is 0 Å². The van der Waals surface area contributed by atoms with Gasteiger partial charge in [-0.15, -0.1) is 0 Å². The number of carbonyl (C=O) groups is 2. The van der Waals surface area contributed by atoms with E-state index >= 15 is 0 Å². The highest BCUT2D eigenvalue weighted by atomic mass is 16.6. The van der Waals surface area contributed by atoms with Gasteiger partial charge in [-0.3, -0.25) is 4.79 Å². The minimum atomic E-state index is -0.478. The van der Waals surface area contributed by atoms with Crippen molar-refractivity contribution >= 4 is 29.5 Å². The topological polar surface area (TPSA) is 90.9 Å². The van der Waals surface area contributed by atoms with Crippen molar-refractivity contribution in [2.45, 2.75) is 103 Å². The highest BCUT2D eigenvalue weighted by Gasteiger charge is 2.41. The third-order valence-corrected chi connectivity index (χ3v) is 7.67. The summed E-state index contributed by atoms with van der Waals surface area (Å²) in [6, 6.07) is 0.348. The number of amides is 2. The van der Waals surface area contributed by atoms with E-state index in [0.717, 1.165) is 43.6 Å². The van der Waals surface area contributed by atoms with Crippen LogP contribution in [-0.4, -0.2) is 70.7 Å². The third-order valence-electron chi connectivity index (χ3n) is 7.67. The SMILES string of the molecule is CC[C@@H]1C(=O)N(C)c2cnc(N[C@@H](C)C3CCN(C(=O)OC(C)(C)C)CC3)nc2N1C1CCCC1. The Bertz CT molecular complexity index is 918. The van der Waals surface area contributed by atoms with Crippen molar-refractivity contribution in [3.8, 4) is 0 Å². The molecule has 0 spiro atoms. The molecule has 1 aromatic rings. The predicted octanol–water partition coefficient (Wildman–Crippen LogP) is 4.43. The Morgan fingerprint density at radius 1 is 1.20 bits per heavy atom. The summed E-state index contributed by atoms with van der Waals surface area (Å²) in [5.74, 6) is 2.01. The van der Waals surface area contributed by atoms with Gasteiger partial charge in [-0.05, 0) is 65.7 Å². The quantitative estimate of drug-likeness (QED) is 0.658. The predicted molar refractivity (Wildman–Crippen MR) is 138 cm³/mol. The number of carbonyl (C=O) groups excluding carboxylic acids is 2. The summed E-state index contributed by atoms with van der Waals surface area (Å²) in [5.41, 5.74) is 0.310. The zero-order valence-electron chi connectivity index (χ0n) is 22.2. The number of piperidine rings is 1. The number of nitrogens with zero attached hydrogens (tertiary/aromatic N) is 5. The standard InChI is InChI=1S/C26H42N6O3/c1-7-20-23(33)30(6)21-16-27-24(29-22(21)32(20)19-10-8-9-11-19)28-17(2)18-12-14-31(15-13-18)25(34)35-26(3,4)5/h16-20H,7-15H2,1-6H3,(H,27,28,29)/t17-,20+/m0/s1. The molecule has 0 aromatic carbocycles. The van der Waals surface area contributed by atoms with Crippen molar-refractivity contribution in [2.75, 3.05) is 35.3 Å². The Morgan fingerprint density at radius 3 is 2.46 bits per heavy atom. The Kier molecular flexibility index (Phi) is 7.43. The number of anilines is 3. The van der Waals surface area contributed by atoms with Crippen LogP contribution in [0, 0.1) is 5.92 Å². The molecule has 1 saturated heterocycles. The van der Waals surface area contributed by atoms with E-state index in [-0.39, 0.29) is 24.1 Å². The zero-order valence-corrected chi connectivity index (χ0v) is 22.2. The van der Waals surface area contributed by atoms with Crippen LogP contribution >= 0.6 is 0 Å². The Hall–Kier alpha value is -2.58. The molecule has 0 radical (unpaired) electrons. The Balaban J connectivity index is 1.45. The van der Waals surface area contributed by atoms with E-state index < -0.39 is 5.60 Å². The second-order valence-electron chi connectivity index (χ2n) is 11.3. The molecule has 1 aromatic heterocycles. The average molecular weight is 487 g/mol. The molecule has 2 fully saturated rings. The van der Waals surface area contributed by atoms with E-state index in [4.69, 9.17) is 9.72 Å². The lowest BCUT2D eigenvalue weighted by atomic mass is 9.90. The normalized spacial score (nSPS) is 22.9. The number of aromatic nitrogens is 2. The molecule has 9 nitrogen and oxygen atoms in total. The van der Waals surface area contributed by atoms with Crippen molar-refractivity contribution in [1.82, 2.24) is 14.9 Å². The lowest BCUT2D eigenvalue weighted by molar-refractivity contribution is -0.120. The average Bonchev–Trinajstić information content (AvgIpc) is 3.34. The van der Waals surface area contributed by atoms with Crippen LogP contribution in [0.25, 0.3) is 0 Å². The molecule has 9 heteroatoms. The lowest BCUT2D eigenvalue weighted by Crippen LogP contribution is -2.55. The first-order chi connectivity index (χ1) is 16.6. The van der Waals surface area contributed by atoms with E-state index in [2.05, 4.69) is 29.0 Å². The second-order valence-corrected chi connectivity index (χ2v) is 11.3. The number of ether oxygens (including phenoxy) is 1. The number of hydrogen-bond donors (Lipinski definition) is 1. The molecule has 2 amide bonds. The monoisotopic (exact) mass is 486 g/mol. The number of likely N-dealkylation sites (tertiary alicyclic amines) is 1. The molecule has 194 valence electrons. The maximum Gasteiger partial charge on any atom is 0.410 e. The van der Waals surface area contributed by atoms with Gasteiger partial charge < -0.3 is 24.8 Å². The molecule has 0 unspecified atom stereocenters. The smallest absolute Gasteiger partial charge is 0.410 e. The highest BCUT2D eigenvalue weighted by Crippen LogP contribution is 2.40. The molecule has 1 saturated carbocycles. The molecule has 0 bridgehead atoms. The van der Waals surface area contributed by atoms with E-state index in [1.807, 2.05) is 27.8 Å². The van der Waals surface area contributed by atoms with Crippen LogP contribution in [0.4, 0.5) is 22.2 Å². The maximum atomic E-state index is 13.1. The van der Waals surface area contributed by atoms with Crippen molar-refractivity contribution < 1.29 is 14.3 Å². The minimum absolute atomic E-state index is 0.126. The Morgan fingerprint density at radius 2 is 1.86 bits per heavy atom. The molecule has 2 aliphatic heterocycles. The van der Waals surface area contributed by atoms with Gasteiger partial charge in [-0.2, -0.15) is 4.98 Å². The van der Waals surface area contributed by atoms with Gasteiger partial charge in [-0.1, -0.05) is 19.8 Å². The van der Waals surface area contributed by atoms with Gasteiger partial charge in [0.1, 0.15) is 17.3 Å². The second kappa shape index (κ2) is 10.2. The number of nitrogens with one attached hydrogen (secondary N) is 1. The van der Waals surface area contributed by atoms with E-state index in [1.54, 1.807) is 16.0 Å². The summed E-state index contributed by atoms with van der Waals surface area (Å²) in [7, 11) is 1.83. The van der Waals surface area contributed by atoms with Crippen LogP contribution < -0.4 is 15.1 Å². The number of hydrogen-bond acceptors (Lipinski definition) is 7. The minimum Gasteiger partial charge on any atom is -0.444 e. The first kappa shape index (κ1) is 25.5. The molecule has 1 aliphatic carbocycles. The van der Waals surface area contributed by atoms with Crippen LogP contribution in [0.5, 0.6) is 0 Å². The fourth-order valence-corrected chi connectivity index (χ4v) is 5.68. The fraction of sp³-hybridized carbons (Fsp3) is 0.769. The summed E-state index contributed by atoms with van der Waals surface area (Å²) in [5, 5.41) is 3.53. The number of likely N-dealkylation sites (N-methyl/N-ethyl adjacent to an activating group) is 1. The summed E-state index contributed by atoms with van der Waals surface area (Å²) in [6.07, 6.45) is 8.73. The van der Waals surface area contributed by atoms with E-state index in [9.17, 15) is 9.59 Å². The zero-order chi connectivity index (χ0) is 25.3. The van der Waals surface area contributed by atoms with Gasteiger partial charge in [0.2, 0.25) is 11.9 Å². The van der Waals surface area contributed by atoms with E-state index in [1.165, 1.54) is 12.8 Å². The van der Waals surface area contributed by atoms with E-state index in [0.29, 0.717) is 31.0 Å². The molecule has 4 rings (SSSR count). The van der Waals surface area contributed by atoms with Crippen molar-refractivity contribution in [3.05, 3.63) is 6.20 Å². The van der Waals surface area contributed by atoms with Crippen LogP contribution in [0.3, 0.4) is 0 Å². The fourth-order valence-electron chi connectivity index (χ4n) is 5.68. The van der Waals surface area contributed by atoms with Gasteiger partial charge in [0.25, 0.3) is 0 Å². The summed E-state index contributed by atoms with van der Waals surface area (Å²) in [4.78, 5) is 40.8. The third kappa shape index (κ3) is 5.48. The van der Waals surface area contributed by atoms with Crippen molar-refractivity contribution in [2.24, 2.45) is 5.92 Å². The molecule has 2 atom stereocenters. The van der Waals surface area contributed by atoms with Gasteiger partial charge in [-0.25, -0.2) is 9.78 Å². The number of rotatable bonds is 5. The lowest BCUT2D eigenvalue weighted by Gasteiger charge is -2.43. The summed E-state index contributed by atoms with van der Waals surface area (Å²) < 4.78 is 5.53. The van der Waals surface area contributed by atoms with Crippen molar-refractivity contribution in [3.63, 3.8) is 0 Å². The molecule has 35 heavy (non-hydrogen) atoms. The maximum absolute atomic E-state index is 13.1. The largest absolute Gasteiger partial charge is 0.444 e. The Labute approximate surface area is 209 Å². The first-order valence-electron chi connectivity index (χ1n) is 13.3. The van der Waals surface area contributed by atoms with Gasteiger partial charge in [0.15, 0.2) is 5.82 Å². The van der Waals surface area contributed by atoms with Gasteiger partial charge >= 0.3 is 6.09 Å². The molecular formula is C26H42N6O3. The van der Waals surface area contributed by atoms with Crippen molar-refractivity contribution in [1.29, 1.82) is 0 Å².